The molecule has 3 fully saturated rings. The molecule has 1 aromatic rings. The summed E-state index contributed by atoms with van der Waals surface area (Å²) in [6.45, 7) is 0. The maximum absolute atomic E-state index is 14.5. The molecule has 0 aromatic carbocycles. The van der Waals surface area contributed by atoms with Crippen molar-refractivity contribution in [3.63, 3.8) is 0 Å². The fourth-order valence-corrected chi connectivity index (χ4v) is 5.19. The highest BCUT2D eigenvalue weighted by Crippen LogP contribution is 2.45. The number of hydrogen-bond acceptors (Lipinski definition) is 2. The van der Waals surface area contributed by atoms with E-state index in [9.17, 15) is 18.0 Å². The summed E-state index contributed by atoms with van der Waals surface area (Å²) in [6, 6.07) is 0.123. The van der Waals surface area contributed by atoms with Crippen molar-refractivity contribution in [2.75, 3.05) is 0 Å². The Morgan fingerprint density at radius 3 is 2.50 bits per heavy atom. The van der Waals surface area contributed by atoms with Gasteiger partial charge in [0.05, 0.1) is 0 Å². The van der Waals surface area contributed by atoms with Gasteiger partial charge in [0.2, 0.25) is 5.95 Å². The highest BCUT2D eigenvalue weighted by molar-refractivity contribution is 5.96. The van der Waals surface area contributed by atoms with Crippen LogP contribution in [0.15, 0.2) is 0 Å². The largest absolute Gasteiger partial charge is 0.332 e. The van der Waals surface area contributed by atoms with Gasteiger partial charge < -0.3 is 4.90 Å². The van der Waals surface area contributed by atoms with Crippen LogP contribution in [-0.2, 0) is 7.05 Å². The Hall–Kier alpha value is -1.53. The van der Waals surface area contributed by atoms with E-state index >= 15 is 0 Å². The number of carbonyl (C=O) groups is 1. The first kappa shape index (κ1) is 17.9. The van der Waals surface area contributed by atoms with Crippen LogP contribution in [0.1, 0.15) is 80.3 Å². The normalized spacial score (nSPS) is 28.9. The van der Waals surface area contributed by atoms with Gasteiger partial charge in [-0.2, -0.15) is 9.49 Å². The third-order valence-electron chi connectivity index (χ3n) is 6.49. The number of aryl methyl sites for hydroxylation is 1. The van der Waals surface area contributed by atoms with E-state index in [-0.39, 0.29) is 12.1 Å². The van der Waals surface area contributed by atoms with Crippen LogP contribution in [0.3, 0.4) is 0 Å². The number of halogens is 3. The van der Waals surface area contributed by atoms with E-state index in [0.29, 0.717) is 11.8 Å². The summed E-state index contributed by atoms with van der Waals surface area (Å²) in [5, 5.41) is 3.56. The minimum absolute atomic E-state index is 0.0548. The van der Waals surface area contributed by atoms with Crippen molar-refractivity contribution < 1.29 is 18.0 Å². The third-order valence-corrected chi connectivity index (χ3v) is 6.49. The monoisotopic (exact) mass is 369 g/mol. The molecule has 0 spiro atoms. The molecule has 3 aliphatic carbocycles. The van der Waals surface area contributed by atoms with Crippen molar-refractivity contribution in [1.29, 1.82) is 0 Å². The molecule has 0 aliphatic heterocycles. The maximum Gasteiger partial charge on any atom is 0.283 e. The minimum Gasteiger partial charge on any atom is -0.332 e. The van der Waals surface area contributed by atoms with Crippen molar-refractivity contribution in [1.82, 2.24) is 14.7 Å². The molecule has 144 valence electrons. The van der Waals surface area contributed by atoms with E-state index in [2.05, 4.69) is 5.10 Å². The first-order chi connectivity index (χ1) is 12.5. The number of hydrogen-bond donors (Lipinski definition) is 0. The van der Waals surface area contributed by atoms with E-state index in [0.717, 1.165) is 43.2 Å². The summed E-state index contributed by atoms with van der Waals surface area (Å²) in [6.07, 6.45) is 6.62. The van der Waals surface area contributed by atoms with Crippen LogP contribution in [0.25, 0.3) is 0 Å². The van der Waals surface area contributed by atoms with Gasteiger partial charge in [-0.05, 0) is 37.5 Å². The zero-order valence-corrected chi connectivity index (χ0v) is 15.1. The number of alkyl halides is 2. The predicted molar refractivity (Wildman–Crippen MR) is 90.4 cm³/mol. The van der Waals surface area contributed by atoms with Crippen molar-refractivity contribution in [3.05, 3.63) is 17.2 Å². The molecule has 3 unspecified atom stereocenters. The lowest BCUT2D eigenvalue weighted by molar-refractivity contribution is 0.0270. The zero-order chi connectivity index (χ0) is 18.4. The molecule has 4 nitrogen and oxygen atoms in total. The van der Waals surface area contributed by atoms with Gasteiger partial charge in [-0.1, -0.05) is 32.1 Å². The van der Waals surface area contributed by atoms with Crippen molar-refractivity contribution in [3.8, 4) is 0 Å². The molecule has 3 saturated carbocycles. The first-order valence-corrected chi connectivity index (χ1v) is 9.82. The van der Waals surface area contributed by atoms with Crippen LogP contribution >= 0.6 is 0 Å². The second-order valence-electron chi connectivity index (χ2n) is 8.13. The molecule has 1 amide bonds. The standard InChI is InChI=1S/C19H26F3N3O/c1-24-18(22)15(16(23-24)17(20)21)19(26)25(12-9-10-12)14-8-4-6-11-5-2-3-7-13(11)14/h11-14,17H,2-10H2,1H3. The molecule has 0 radical (unpaired) electrons. The second kappa shape index (κ2) is 6.89. The lowest BCUT2D eigenvalue weighted by Crippen LogP contribution is -2.50. The van der Waals surface area contributed by atoms with Gasteiger partial charge in [0.15, 0.2) is 0 Å². The molecular formula is C19H26F3N3O. The highest BCUT2D eigenvalue weighted by atomic mass is 19.3. The van der Waals surface area contributed by atoms with Gasteiger partial charge in [0.25, 0.3) is 12.3 Å². The summed E-state index contributed by atoms with van der Waals surface area (Å²) in [5.41, 5.74) is -1.25. The summed E-state index contributed by atoms with van der Waals surface area (Å²) < 4.78 is 42.0. The van der Waals surface area contributed by atoms with Gasteiger partial charge in [-0.25, -0.2) is 13.5 Å². The first-order valence-electron chi connectivity index (χ1n) is 9.82. The van der Waals surface area contributed by atoms with Crippen LogP contribution in [-0.4, -0.2) is 32.7 Å². The van der Waals surface area contributed by atoms with E-state index in [1.165, 1.54) is 26.3 Å². The lowest BCUT2D eigenvalue weighted by Gasteiger charge is -2.46. The Balaban J connectivity index is 1.68. The van der Waals surface area contributed by atoms with Gasteiger partial charge >= 0.3 is 0 Å². The quantitative estimate of drug-likeness (QED) is 0.786. The van der Waals surface area contributed by atoms with Gasteiger partial charge in [-0.15, -0.1) is 0 Å². The minimum atomic E-state index is -2.96. The molecular weight excluding hydrogens is 343 g/mol. The second-order valence-corrected chi connectivity index (χ2v) is 8.13. The Morgan fingerprint density at radius 2 is 1.81 bits per heavy atom. The average molecular weight is 369 g/mol. The Bertz CT molecular complexity index is 684. The molecule has 3 aliphatic rings. The molecule has 0 N–H and O–H groups in total. The summed E-state index contributed by atoms with van der Waals surface area (Å²) in [7, 11) is 1.26. The maximum atomic E-state index is 14.5. The Kier molecular flexibility index (Phi) is 4.73. The fourth-order valence-electron chi connectivity index (χ4n) is 5.19. The third kappa shape index (κ3) is 3.03. The van der Waals surface area contributed by atoms with E-state index in [4.69, 9.17) is 0 Å². The smallest absolute Gasteiger partial charge is 0.283 e. The summed E-state index contributed by atoms with van der Waals surface area (Å²) >= 11 is 0. The highest BCUT2D eigenvalue weighted by Gasteiger charge is 2.46. The van der Waals surface area contributed by atoms with Crippen LogP contribution < -0.4 is 0 Å². The SMILES string of the molecule is Cn1nc(C(F)F)c(C(=O)N(C2CC2)C2CCCC3CCCCC32)c1F. The number of amides is 1. The average Bonchev–Trinajstić information content (AvgIpc) is 3.41. The van der Waals surface area contributed by atoms with Gasteiger partial charge in [-0.3, -0.25) is 4.79 Å². The van der Waals surface area contributed by atoms with Crippen LogP contribution in [0, 0.1) is 17.8 Å². The van der Waals surface area contributed by atoms with E-state index in [1.807, 2.05) is 0 Å². The molecule has 26 heavy (non-hydrogen) atoms. The molecule has 1 aromatic heterocycles. The zero-order valence-electron chi connectivity index (χ0n) is 15.1. The topological polar surface area (TPSA) is 38.1 Å². The number of nitrogens with zero attached hydrogens (tertiary/aromatic N) is 3. The van der Waals surface area contributed by atoms with Crippen molar-refractivity contribution in [2.24, 2.45) is 18.9 Å². The van der Waals surface area contributed by atoms with Crippen LogP contribution in [0.5, 0.6) is 0 Å². The van der Waals surface area contributed by atoms with Crippen LogP contribution in [0.2, 0.25) is 0 Å². The summed E-state index contributed by atoms with van der Waals surface area (Å²) in [4.78, 5) is 15.0. The molecule has 4 rings (SSSR count). The van der Waals surface area contributed by atoms with Gasteiger partial charge in [0.1, 0.15) is 11.3 Å². The van der Waals surface area contributed by atoms with E-state index in [1.54, 1.807) is 4.90 Å². The fraction of sp³-hybridized carbons (Fsp3) is 0.789. The predicted octanol–water partition coefficient (Wildman–Crippen LogP) is 4.46. The number of carbonyl (C=O) groups excluding carboxylic acids is 1. The molecule has 7 heteroatoms. The van der Waals surface area contributed by atoms with Crippen LogP contribution in [0.4, 0.5) is 13.2 Å². The van der Waals surface area contributed by atoms with E-state index < -0.39 is 29.5 Å². The van der Waals surface area contributed by atoms with Crippen molar-refractivity contribution in [2.45, 2.75) is 76.3 Å². The molecule has 0 saturated heterocycles. The molecule has 3 atom stereocenters. The Morgan fingerprint density at radius 1 is 1.12 bits per heavy atom. The molecule has 0 bridgehead atoms. The van der Waals surface area contributed by atoms with Crippen molar-refractivity contribution >= 4 is 5.91 Å². The lowest BCUT2D eigenvalue weighted by atomic mass is 9.68. The molecule has 1 heterocycles. The summed E-state index contributed by atoms with van der Waals surface area (Å²) in [5.74, 6) is -0.488. The number of aromatic nitrogens is 2. The Labute approximate surface area is 151 Å². The van der Waals surface area contributed by atoms with Gasteiger partial charge in [0, 0.05) is 19.1 Å². The number of rotatable bonds is 4. The number of fused-ring (bicyclic) bond motifs is 1.